The van der Waals surface area contributed by atoms with Crippen molar-refractivity contribution in [2.75, 3.05) is 25.1 Å². The summed E-state index contributed by atoms with van der Waals surface area (Å²) in [7, 11) is 0. The van der Waals surface area contributed by atoms with Crippen molar-refractivity contribution in [1.82, 2.24) is 25.1 Å². The van der Waals surface area contributed by atoms with Gasteiger partial charge in [0.25, 0.3) is 5.91 Å². The molecular formula is C24H26N6O4S2. The second-order valence-electron chi connectivity index (χ2n) is 7.40. The van der Waals surface area contributed by atoms with E-state index >= 15 is 0 Å². The number of carbonyl (C=O) groups is 1. The van der Waals surface area contributed by atoms with E-state index < -0.39 is 5.91 Å². The van der Waals surface area contributed by atoms with Gasteiger partial charge >= 0.3 is 0 Å². The van der Waals surface area contributed by atoms with Gasteiger partial charge in [-0.3, -0.25) is 10.1 Å². The van der Waals surface area contributed by atoms with Gasteiger partial charge in [0.2, 0.25) is 10.7 Å². The van der Waals surface area contributed by atoms with Crippen LogP contribution < -0.4 is 24.8 Å². The Balaban J connectivity index is 1.55. The molecular weight excluding hydrogens is 500 g/mol. The van der Waals surface area contributed by atoms with Crippen LogP contribution in [0.15, 0.2) is 36.4 Å². The first-order valence-electron chi connectivity index (χ1n) is 11.4. The zero-order chi connectivity index (χ0) is 25.7. The molecule has 0 aliphatic carbocycles. The van der Waals surface area contributed by atoms with E-state index in [1.54, 1.807) is 16.6 Å². The van der Waals surface area contributed by atoms with Gasteiger partial charge in [-0.15, -0.1) is 10.2 Å². The molecule has 4 aromatic rings. The molecule has 2 aromatic carbocycles. The zero-order valence-corrected chi connectivity index (χ0v) is 22.0. The third-order valence-corrected chi connectivity index (χ3v) is 6.09. The number of fused-ring (bicyclic) bond motifs is 1. The number of aromatic nitrogens is 4. The summed E-state index contributed by atoms with van der Waals surface area (Å²) in [6.45, 7) is 8.67. The first-order chi connectivity index (χ1) is 17.4. The van der Waals surface area contributed by atoms with Gasteiger partial charge in [0.1, 0.15) is 5.01 Å². The molecule has 1 amide bonds. The number of aryl methyl sites for hydroxylation is 1. The van der Waals surface area contributed by atoms with Crippen molar-refractivity contribution in [3.63, 3.8) is 0 Å². The van der Waals surface area contributed by atoms with Gasteiger partial charge in [-0.1, -0.05) is 23.5 Å². The van der Waals surface area contributed by atoms with Crippen molar-refractivity contribution in [1.29, 1.82) is 0 Å². The molecule has 0 radical (unpaired) electrons. The van der Waals surface area contributed by atoms with Crippen LogP contribution in [0.4, 0.5) is 5.69 Å². The third-order valence-electron chi connectivity index (χ3n) is 4.95. The van der Waals surface area contributed by atoms with Crippen LogP contribution in [-0.2, 0) is 0 Å². The summed E-state index contributed by atoms with van der Waals surface area (Å²) in [5.41, 5.74) is 1.84. The highest BCUT2D eigenvalue weighted by Crippen LogP contribution is 2.39. The quantitative estimate of drug-likeness (QED) is 0.305. The molecule has 0 spiro atoms. The lowest BCUT2D eigenvalue weighted by Crippen LogP contribution is -2.34. The molecule has 0 saturated carbocycles. The molecule has 10 nitrogen and oxygen atoms in total. The first kappa shape index (κ1) is 25.3. The Bertz CT molecular complexity index is 1370. The largest absolute Gasteiger partial charge is 0.490 e. The van der Waals surface area contributed by atoms with Crippen LogP contribution in [0.1, 0.15) is 37.0 Å². The number of hydrogen-bond donors (Lipinski definition) is 2. The highest BCUT2D eigenvalue weighted by molar-refractivity contribution is 7.80. The summed E-state index contributed by atoms with van der Waals surface area (Å²) in [5, 5.41) is 19.5. The standard InChI is InChI=1S/C24H26N6O4S2/c1-5-32-18-12-15(13-19(33-6-2)20(18)34-7-3)21(31)26-23(35)25-17-11-9-8-10-16(17)22-29-30-14(4)27-28-24(30)36-22/h8-13H,5-7H2,1-4H3,(H2,25,26,31,35). The third kappa shape index (κ3) is 5.39. The number of thiocarbonyl (C=S) groups is 1. The Morgan fingerprint density at radius 3 is 2.33 bits per heavy atom. The van der Waals surface area contributed by atoms with Crippen LogP contribution >= 0.6 is 23.6 Å². The topological polar surface area (TPSA) is 112 Å². The van der Waals surface area contributed by atoms with E-state index in [1.165, 1.54) is 11.3 Å². The van der Waals surface area contributed by atoms with Gasteiger partial charge < -0.3 is 19.5 Å². The monoisotopic (exact) mass is 526 g/mol. The highest BCUT2D eigenvalue weighted by atomic mass is 32.1. The summed E-state index contributed by atoms with van der Waals surface area (Å²) >= 11 is 6.86. The zero-order valence-electron chi connectivity index (χ0n) is 20.3. The number of rotatable bonds is 9. The van der Waals surface area contributed by atoms with Crippen LogP contribution in [0.5, 0.6) is 17.2 Å². The molecule has 12 heteroatoms. The van der Waals surface area contributed by atoms with E-state index in [4.69, 9.17) is 26.4 Å². The SMILES string of the molecule is CCOc1cc(C(=O)NC(=S)Nc2ccccc2-c2nn3c(C)nnc3s2)cc(OCC)c1OCC. The van der Waals surface area contributed by atoms with E-state index in [1.807, 2.05) is 52.0 Å². The average Bonchev–Trinajstić information content (AvgIpc) is 3.43. The Hall–Kier alpha value is -3.77. The van der Waals surface area contributed by atoms with Crippen molar-refractivity contribution in [3.05, 3.63) is 47.8 Å². The normalized spacial score (nSPS) is 10.8. The van der Waals surface area contributed by atoms with Gasteiger partial charge in [0.05, 0.1) is 25.5 Å². The number of nitrogens with one attached hydrogen (secondary N) is 2. The smallest absolute Gasteiger partial charge is 0.257 e. The van der Waals surface area contributed by atoms with Gasteiger partial charge in [0.15, 0.2) is 22.4 Å². The second-order valence-corrected chi connectivity index (χ2v) is 8.77. The van der Waals surface area contributed by atoms with E-state index in [9.17, 15) is 4.79 Å². The molecule has 0 aliphatic heterocycles. The molecule has 2 heterocycles. The number of benzene rings is 2. The number of anilines is 1. The fourth-order valence-electron chi connectivity index (χ4n) is 3.45. The molecule has 4 rings (SSSR count). The first-order valence-corrected chi connectivity index (χ1v) is 12.6. The van der Waals surface area contributed by atoms with E-state index in [0.717, 1.165) is 10.6 Å². The maximum atomic E-state index is 13.1. The van der Waals surface area contributed by atoms with E-state index in [-0.39, 0.29) is 5.11 Å². The fraction of sp³-hybridized carbons (Fsp3) is 0.292. The minimum Gasteiger partial charge on any atom is -0.490 e. The van der Waals surface area contributed by atoms with Gasteiger partial charge in [-0.25, -0.2) is 0 Å². The summed E-state index contributed by atoms with van der Waals surface area (Å²) in [5.74, 6) is 1.61. The maximum Gasteiger partial charge on any atom is 0.257 e. The Kier molecular flexibility index (Phi) is 7.96. The molecule has 2 N–H and O–H groups in total. The van der Waals surface area contributed by atoms with Gasteiger partial charge in [0, 0.05) is 11.1 Å². The minimum absolute atomic E-state index is 0.136. The van der Waals surface area contributed by atoms with Crippen molar-refractivity contribution >= 4 is 45.2 Å². The molecule has 2 aromatic heterocycles. The van der Waals surface area contributed by atoms with Gasteiger partial charge in [-0.2, -0.15) is 9.61 Å². The Morgan fingerprint density at radius 2 is 1.69 bits per heavy atom. The molecule has 0 aliphatic rings. The number of hydrogen-bond acceptors (Lipinski definition) is 9. The highest BCUT2D eigenvalue weighted by Gasteiger charge is 2.20. The minimum atomic E-state index is -0.413. The van der Waals surface area contributed by atoms with Crippen molar-refractivity contribution in [2.45, 2.75) is 27.7 Å². The molecule has 36 heavy (non-hydrogen) atoms. The maximum absolute atomic E-state index is 13.1. The number of carbonyl (C=O) groups excluding carboxylic acids is 1. The van der Waals surface area contributed by atoms with Crippen molar-refractivity contribution < 1.29 is 19.0 Å². The van der Waals surface area contributed by atoms with E-state index in [2.05, 4.69) is 25.9 Å². The number of ether oxygens (including phenoxy) is 3. The van der Waals surface area contributed by atoms with E-state index in [0.29, 0.717) is 59.1 Å². The van der Waals surface area contributed by atoms with Crippen LogP contribution in [0.25, 0.3) is 15.5 Å². The number of para-hydroxylation sites is 1. The van der Waals surface area contributed by atoms with Crippen LogP contribution in [-0.4, -0.2) is 50.7 Å². The lowest BCUT2D eigenvalue weighted by Gasteiger charge is -2.17. The average molecular weight is 527 g/mol. The molecule has 0 bridgehead atoms. The summed E-state index contributed by atoms with van der Waals surface area (Å²) < 4.78 is 18.8. The predicted octanol–water partition coefficient (Wildman–Crippen LogP) is 4.48. The Morgan fingerprint density at radius 1 is 1.03 bits per heavy atom. The van der Waals surface area contributed by atoms with Crippen molar-refractivity contribution in [3.8, 4) is 27.8 Å². The Labute approximate surface area is 217 Å². The predicted molar refractivity (Wildman–Crippen MR) is 142 cm³/mol. The lowest BCUT2D eigenvalue weighted by molar-refractivity contribution is 0.0976. The molecule has 0 fully saturated rings. The molecule has 0 atom stereocenters. The van der Waals surface area contributed by atoms with Crippen molar-refractivity contribution in [2.24, 2.45) is 0 Å². The van der Waals surface area contributed by atoms with Crippen LogP contribution in [0, 0.1) is 6.92 Å². The fourth-order valence-corrected chi connectivity index (χ4v) is 4.58. The molecule has 0 unspecified atom stereocenters. The van der Waals surface area contributed by atoms with Crippen LogP contribution in [0.3, 0.4) is 0 Å². The summed E-state index contributed by atoms with van der Waals surface area (Å²) in [6, 6.07) is 10.8. The summed E-state index contributed by atoms with van der Waals surface area (Å²) in [4.78, 5) is 13.8. The van der Waals surface area contributed by atoms with Gasteiger partial charge in [-0.05, 0) is 64.2 Å². The molecule has 0 saturated heterocycles. The lowest BCUT2D eigenvalue weighted by atomic mass is 10.1. The number of amides is 1. The molecule has 188 valence electrons. The number of nitrogens with zero attached hydrogens (tertiary/aromatic N) is 4. The summed E-state index contributed by atoms with van der Waals surface area (Å²) in [6.07, 6.45) is 0. The van der Waals surface area contributed by atoms with Crippen LogP contribution in [0.2, 0.25) is 0 Å². The second kappa shape index (κ2) is 11.3.